The number of aromatic nitrogens is 1. The van der Waals surface area contributed by atoms with Crippen molar-refractivity contribution in [2.45, 2.75) is 31.7 Å². The third-order valence-corrected chi connectivity index (χ3v) is 7.25. The van der Waals surface area contributed by atoms with Gasteiger partial charge in [-0.05, 0) is 61.6 Å². The summed E-state index contributed by atoms with van der Waals surface area (Å²) in [4.78, 5) is 45.4. The van der Waals surface area contributed by atoms with Crippen molar-refractivity contribution in [2.24, 2.45) is 0 Å². The highest BCUT2D eigenvalue weighted by molar-refractivity contribution is 7.16. The Balaban J connectivity index is 1.31. The topological polar surface area (TPSA) is 101 Å². The lowest BCUT2D eigenvalue weighted by atomic mass is 9.76. The number of nitrogens with one attached hydrogen (secondary N) is 2. The summed E-state index contributed by atoms with van der Waals surface area (Å²) >= 11 is 1.34. The van der Waals surface area contributed by atoms with Crippen LogP contribution in [-0.4, -0.2) is 41.4 Å². The number of rotatable bonds is 5. The molecule has 0 bridgehead atoms. The van der Waals surface area contributed by atoms with Crippen molar-refractivity contribution < 1.29 is 19.1 Å². The van der Waals surface area contributed by atoms with Crippen LogP contribution in [-0.2, 0) is 21.5 Å². The molecule has 4 amide bonds. The number of thiazole rings is 1. The van der Waals surface area contributed by atoms with E-state index < -0.39 is 17.5 Å². The standard InChI is InChI=1S/C25H24N4O4S/c1-15-21(17-9-11-18(33-2)12-10-17)27-23(34-15)26-20(30)14-29-22(31)25(28-24(29)32)13-5-7-16-6-3-4-8-19(16)25/h3-4,6,8-12H,5,7,13-14H2,1-2H3,(H,28,32)(H,26,27,30). The first-order chi connectivity index (χ1) is 16.4. The largest absolute Gasteiger partial charge is 0.497 e. The zero-order chi connectivity index (χ0) is 23.9. The highest BCUT2D eigenvalue weighted by Gasteiger charge is 2.54. The number of urea groups is 1. The lowest BCUT2D eigenvalue weighted by Crippen LogP contribution is -2.47. The van der Waals surface area contributed by atoms with Crippen LogP contribution >= 0.6 is 11.3 Å². The van der Waals surface area contributed by atoms with Gasteiger partial charge in [0, 0.05) is 10.4 Å². The number of methoxy groups -OCH3 is 1. The average Bonchev–Trinajstić information content (AvgIpc) is 3.31. The van der Waals surface area contributed by atoms with Crippen LogP contribution in [0.1, 0.15) is 28.8 Å². The van der Waals surface area contributed by atoms with Crippen molar-refractivity contribution in [3.63, 3.8) is 0 Å². The Morgan fingerprint density at radius 2 is 1.97 bits per heavy atom. The first kappa shape index (κ1) is 22.1. The monoisotopic (exact) mass is 476 g/mol. The van der Waals surface area contributed by atoms with Crippen LogP contribution in [0.3, 0.4) is 0 Å². The first-order valence-corrected chi connectivity index (χ1v) is 11.9. The Kier molecular flexibility index (Phi) is 5.57. The van der Waals surface area contributed by atoms with Crippen molar-refractivity contribution in [3.8, 4) is 17.0 Å². The maximum absolute atomic E-state index is 13.4. The number of nitrogens with zero attached hydrogens (tertiary/aromatic N) is 2. The van der Waals surface area contributed by atoms with E-state index in [2.05, 4.69) is 15.6 Å². The zero-order valence-electron chi connectivity index (χ0n) is 18.9. The minimum absolute atomic E-state index is 0.370. The summed E-state index contributed by atoms with van der Waals surface area (Å²) in [7, 11) is 1.61. The Morgan fingerprint density at radius 3 is 2.74 bits per heavy atom. The summed E-state index contributed by atoms with van der Waals surface area (Å²) < 4.78 is 5.20. The third kappa shape index (κ3) is 3.71. The molecule has 1 aliphatic heterocycles. The number of ether oxygens (including phenoxy) is 1. The van der Waals surface area contributed by atoms with Crippen LogP contribution in [0.2, 0.25) is 0 Å². The van der Waals surface area contributed by atoms with Gasteiger partial charge in [0.1, 0.15) is 17.8 Å². The zero-order valence-corrected chi connectivity index (χ0v) is 19.7. The lowest BCUT2D eigenvalue weighted by molar-refractivity contribution is -0.134. The van der Waals surface area contributed by atoms with Gasteiger partial charge in [0.25, 0.3) is 5.91 Å². The number of imide groups is 1. The van der Waals surface area contributed by atoms with E-state index in [0.717, 1.165) is 50.8 Å². The second-order valence-corrected chi connectivity index (χ2v) is 9.64. The lowest BCUT2D eigenvalue weighted by Gasteiger charge is -2.33. The van der Waals surface area contributed by atoms with E-state index in [9.17, 15) is 14.4 Å². The van der Waals surface area contributed by atoms with Crippen LogP contribution in [0, 0.1) is 6.92 Å². The van der Waals surface area contributed by atoms with Gasteiger partial charge in [-0.3, -0.25) is 14.5 Å². The fourth-order valence-electron chi connectivity index (χ4n) is 4.72. The Hall–Kier alpha value is -3.72. The number of fused-ring (bicyclic) bond motifs is 2. The van der Waals surface area contributed by atoms with Crippen molar-refractivity contribution in [2.75, 3.05) is 19.0 Å². The molecule has 0 saturated carbocycles. The van der Waals surface area contributed by atoms with Crippen molar-refractivity contribution >= 4 is 34.3 Å². The van der Waals surface area contributed by atoms with Gasteiger partial charge in [0.2, 0.25) is 5.91 Å². The summed E-state index contributed by atoms with van der Waals surface area (Å²) in [5.74, 6) is -0.106. The highest BCUT2D eigenvalue weighted by atomic mass is 32.1. The molecule has 1 saturated heterocycles. The van der Waals surface area contributed by atoms with Crippen LogP contribution < -0.4 is 15.4 Å². The van der Waals surface area contributed by atoms with Gasteiger partial charge in [-0.1, -0.05) is 24.3 Å². The van der Waals surface area contributed by atoms with Crippen molar-refractivity contribution in [3.05, 3.63) is 64.5 Å². The minimum atomic E-state index is -1.09. The molecule has 0 radical (unpaired) electrons. The fraction of sp³-hybridized carbons (Fsp3) is 0.280. The molecule has 1 atom stereocenters. The number of amides is 4. The quantitative estimate of drug-likeness (QED) is 0.545. The SMILES string of the molecule is COc1ccc(-c2nc(NC(=O)CN3C(=O)NC4(CCCc5ccccc54)C3=O)sc2C)cc1. The molecule has 1 aromatic heterocycles. The van der Waals surface area contributed by atoms with Gasteiger partial charge in [-0.2, -0.15) is 0 Å². The molecule has 3 aromatic rings. The van der Waals surface area contributed by atoms with E-state index >= 15 is 0 Å². The van der Waals surface area contributed by atoms with Gasteiger partial charge < -0.3 is 15.4 Å². The molecule has 1 aliphatic carbocycles. The molecule has 2 aromatic carbocycles. The molecule has 2 aliphatic rings. The molecular formula is C25H24N4O4S. The molecule has 1 fully saturated rings. The average molecular weight is 477 g/mol. The molecule has 174 valence electrons. The summed E-state index contributed by atoms with van der Waals surface area (Å²) in [6, 6.07) is 14.6. The molecule has 2 N–H and O–H groups in total. The number of anilines is 1. The maximum Gasteiger partial charge on any atom is 0.325 e. The fourth-order valence-corrected chi connectivity index (χ4v) is 5.58. The number of hydrogen-bond donors (Lipinski definition) is 2. The number of hydrogen-bond acceptors (Lipinski definition) is 6. The Labute approximate surface area is 201 Å². The minimum Gasteiger partial charge on any atom is -0.497 e. The molecule has 2 heterocycles. The molecular weight excluding hydrogens is 452 g/mol. The molecule has 34 heavy (non-hydrogen) atoms. The second-order valence-electron chi connectivity index (χ2n) is 8.44. The van der Waals surface area contributed by atoms with E-state index in [0.29, 0.717) is 11.6 Å². The molecule has 1 unspecified atom stereocenters. The van der Waals surface area contributed by atoms with Crippen LogP contribution in [0.5, 0.6) is 5.75 Å². The predicted molar refractivity (Wildman–Crippen MR) is 129 cm³/mol. The summed E-state index contributed by atoms with van der Waals surface area (Å²) in [5, 5.41) is 6.03. The third-order valence-electron chi connectivity index (χ3n) is 6.36. The van der Waals surface area contributed by atoms with E-state index in [-0.39, 0.29) is 12.5 Å². The van der Waals surface area contributed by atoms with E-state index in [1.165, 1.54) is 11.3 Å². The van der Waals surface area contributed by atoms with Crippen LogP contribution in [0.15, 0.2) is 48.5 Å². The van der Waals surface area contributed by atoms with Gasteiger partial charge in [0.15, 0.2) is 5.13 Å². The molecule has 8 nitrogen and oxygen atoms in total. The summed E-state index contributed by atoms with van der Waals surface area (Å²) in [6.45, 7) is 1.56. The smallest absolute Gasteiger partial charge is 0.325 e. The number of carbonyl (C=O) groups is 3. The van der Waals surface area contributed by atoms with Gasteiger partial charge >= 0.3 is 6.03 Å². The van der Waals surface area contributed by atoms with E-state index in [1.807, 2.05) is 55.5 Å². The van der Waals surface area contributed by atoms with Crippen molar-refractivity contribution in [1.29, 1.82) is 0 Å². The van der Waals surface area contributed by atoms with Gasteiger partial charge in [0.05, 0.1) is 12.8 Å². The highest BCUT2D eigenvalue weighted by Crippen LogP contribution is 2.40. The van der Waals surface area contributed by atoms with E-state index in [4.69, 9.17) is 4.74 Å². The number of aryl methyl sites for hydroxylation is 2. The first-order valence-electron chi connectivity index (χ1n) is 11.1. The molecule has 9 heteroatoms. The summed E-state index contributed by atoms with van der Waals surface area (Å²) in [5.41, 5.74) is 2.45. The maximum atomic E-state index is 13.4. The van der Waals surface area contributed by atoms with Crippen LogP contribution in [0.4, 0.5) is 9.93 Å². The molecule has 5 rings (SSSR count). The van der Waals surface area contributed by atoms with Crippen molar-refractivity contribution in [1.82, 2.24) is 15.2 Å². The number of carbonyl (C=O) groups excluding carboxylic acids is 3. The van der Waals surface area contributed by atoms with E-state index in [1.54, 1.807) is 7.11 Å². The van der Waals surface area contributed by atoms with Gasteiger partial charge in [-0.25, -0.2) is 9.78 Å². The number of benzene rings is 2. The summed E-state index contributed by atoms with van der Waals surface area (Å²) in [6.07, 6.45) is 2.17. The van der Waals surface area contributed by atoms with Gasteiger partial charge in [-0.15, -0.1) is 11.3 Å². The Bertz CT molecular complexity index is 1290. The van der Waals surface area contributed by atoms with Crippen LogP contribution in [0.25, 0.3) is 11.3 Å². The second kappa shape index (κ2) is 8.57. The predicted octanol–water partition coefficient (Wildman–Crippen LogP) is 3.85. The normalized spacial score (nSPS) is 19.2. The molecule has 1 spiro atoms. The Morgan fingerprint density at radius 1 is 1.21 bits per heavy atom.